The lowest BCUT2D eigenvalue weighted by Crippen LogP contribution is -2.42. The number of nitrogens with zero attached hydrogens (tertiary/aromatic N) is 1. The topological polar surface area (TPSA) is 49.8 Å². The number of rotatable bonds is 4. The fourth-order valence-electron chi connectivity index (χ4n) is 2.70. The minimum Gasteiger partial charge on any atom is -0.497 e. The van der Waals surface area contributed by atoms with Crippen LogP contribution in [0.5, 0.6) is 5.75 Å². The number of carbonyl (C=O) groups is 1. The maximum absolute atomic E-state index is 11.1. The molecule has 1 aliphatic heterocycles. The number of hydrogen-bond donors (Lipinski definition) is 1. The standard InChI is InChI=1S/C15H20BrNO3/c1-10-7-11(15(18)19)5-6-17(10)9-12-8-13(20-2)3-4-14(12)16/h3-4,8,10-11H,5-7,9H2,1-2H3,(H,18,19). The van der Waals surface area contributed by atoms with Crippen molar-refractivity contribution >= 4 is 21.9 Å². The number of ether oxygens (including phenoxy) is 1. The average molecular weight is 342 g/mol. The summed E-state index contributed by atoms with van der Waals surface area (Å²) in [6, 6.07) is 6.22. The molecule has 0 spiro atoms. The van der Waals surface area contributed by atoms with Crippen molar-refractivity contribution in [2.45, 2.75) is 32.4 Å². The van der Waals surface area contributed by atoms with Crippen molar-refractivity contribution in [2.24, 2.45) is 5.92 Å². The van der Waals surface area contributed by atoms with Gasteiger partial charge in [-0.1, -0.05) is 15.9 Å². The van der Waals surface area contributed by atoms with Gasteiger partial charge in [-0.3, -0.25) is 9.69 Å². The number of likely N-dealkylation sites (tertiary alicyclic amines) is 1. The third-order valence-corrected chi connectivity index (χ3v) is 4.76. The Morgan fingerprint density at radius 2 is 2.30 bits per heavy atom. The van der Waals surface area contributed by atoms with Crippen LogP contribution < -0.4 is 4.74 Å². The van der Waals surface area contributed by atoms with Crippen LogP contribution in [0, 0.1) is 5.92 Å². The van der Waals surface area contributed by atoms with Crippen LogP contribution in [-0.4, -0.2) is 35.7 Å². The highest BCUT2D eigenvalue weighted by Gasteiger charge is 2.29. The van der Waals surface area contributed by atoms with Crippen LogP contribution in [0.1, 0.15) is 25.3 Å². The maximum Gasteiger partial charge on any atom is 0.306 e. The third kappa shape index (κ3) is 3.52. The number of methoxy groups -OCH3 is 1. The van der Waals surface area contributed by atoms with Gasteiger partial charge >= 0.3 is 5.97 Å². The second-order valence-corrected chi connectivity index (χ2v) is 6.19. The largest absolute Gasteiger partial charge is 0.497 e. The molecule has 0 aromatic heterocycles. The number of aliphatic carboxylic acids is 1. The fourth-order valence-corrected chi connectivity index (χ4v) is 3.07. The summed E-state index contributed by atoms with van der Waals surface area (Å²) in [4.78, 5) is 13.4. The first-order valence-corrected chi connectivity index (χ1v) is 7.60. The van der Waals surface area contributed by atoms with Crippen LogP contribution in [-0.2, 0) is 11.3 Å². The first-order valence-electron chi connectivity index (χ1n) is 6.80. The minimum absolute atomic E-state index is 0.199. The number of carboxylic acids is 1. The number of halogens is 1. The molecule has 0 aliphatic carbocycles. The van der Waals surface area contributed by atoms with Gasteiger partial charge in [-0.2, -0.15) is 0 Å². The molecule has 2 atom stereocenters. The molecule has 4 nitrogen and oxygen atoms in total. The Balaban J connectivity index is 2.05. The van der Waals surface area contributed by atoms with Gasteiger partial charge in [0.2, 0.25) is 0 Å². The lowest BCUT2D eigenvalue weighted by atomic mass is 9.91. The zero-order valence-corrected chi connectivity index (χ0v) is 13.4. The molecule has 0 saturated carbocycles. The molecule has 110 valence electrons. The molecule has 2 unspecified atom stereocenters. The molecule has 0 amide bonds. The summed E-state index contributed by atoms with van der Waals surface area (Å²) in [5.41, 5.74) is 1.17. The molecular weight excluding hydrogens is 322 g/mol. The predicted molar refractivity (Wildman–Crippen MR) is 80.9 cm³/mol. The Hall–Kier alpha value is -1.07. The van der Waals surface area contributed by atoms with Crippen molar-refractivity contribution in [2.75, 3.05) is 13.7 Å². The molecule has 20 heavy (non-hydrogen) atoms. The molecule has 1 aromatic carbocycles. The minimum atomic E-state index is -0.668. The van der Waals surface area contributed by atoms with E-state index in [1.165, 1.54) is 5.56 Å². The van der Waals surface area contributed by atoms with Crippen molar-refractivity contribution < 1.29 is 14.6 Å². The summed E-state index contributed by atoms with van der Waals surface area (Å²) in [5, 5.41) is 9.10. The van der Waals surface area contributed by atoms with Crippen LogP contribution in [0.4, 0.5) is 0 Å². The molecule has 1 saturated heterocycles. The zero-order valence-electron chi connectivity index (χ0n) is 11.8. The SMILES string of the molecule is COc1ccc(Br)c(CN2CCC(C(=O)O)CC2C)c1. The van der Waals surface area contributed by atoms with Crippen LogP contribution in [0.3, 0.4) is 0 Å². The monoisotopic (exact) mass is 341 g/mol. The van der Waals surface area contributed by atoms with E-state index in [1.54, 1.807) is 7.11 Å². The second-order valence-electron chi connectivity index (χ2n) is 5.34. The van der Waals surface area contributed by atoms with Gasteiger partial charge in [0.25, 0.3) is 0 Å². The van der Waals surface area contributed by atoms with E-state index in [1.807, 2.05) is 18.2 Å². The van der Waals surface area contributed by atoms with Gasteiger partial charge < -0.3 is 9.84 Å². The van der Waals surface area contributed by atoms with Gasteiger partial charge in [0, 0.05) is 17.1 Å². The molecule has 1 N–H and O–H groups in total. The average Bonchev–Trinajstić information content (AvgIpc) is 2.43. The lowest BCUT2D eigenvalue weighted by molar-refractivity contribution is -0.144. The van der Waals surface area contributed by atoms with Gasteiger partial charge in [0.15, 0.2) is 0 Å². The summed E-state index contributed by atoms with van der Waals surface area (Å²) in [5.74, 6) is -0.0228. The third-order valence-electron chi connectivity index (χ3n) is 3.99. The quantitative estimate of drug-likeness (QED) is 0.913. The van der Waals surface area contributed by atoms with E-state index in [0.717, 1.165) is 36.2 Å². The van der Waals surface area contributed by atoms with Crippen molar-refractivity contribution in [3.63, 3.8) is 0 Å². The normalized spacial score (nSPS) is 23.6. The van der Waals surface area contributed by atoms with Crippen molar-refractivity contribution in [3.05, 3.63) is 28.2 Å². The fraction of sp³-hybridized carbons (Fsp3) is 0.533. The number of piperidine rings is 1. The zero-order chi connectivity index (χ0) is 14.7. The molecule has 2 rings (SSSR count). The van der Waals surface area contributed by atoms with Crippen molar-refractivity contribution in [1.82, 2.24) is 4.90 Å². The molecule has 5 heteroatoms. The van der Waals surface area contributed by atoms with E-state index in [0.29, 0.717) is 0 Å². The Bertz CT molecular complexity index is 492. The highest BCUT2D eigenvalue weighted by molar-refractivity contribution is 9.10. The summed E-state index contributed by atoms with van der Waals surface area (Å²) in [7, 11) is 1.66. The van der Waals surface area contributed by atoms with Gasteiger partial charge in [0.1, 0.15) is 5.75 Å². The van der Waals surface area contributed by atoms with Crippen molar-refractivity contribution in [1.29, 1.82) is 0 Å². The van der Waals surface area contributed by atoms with E-state index in [-0.39, 0.29) is 12.0 Å². The summed E-state index contributed by atoms with van der Waals surface area (Å²) in [6.45, 7) is 3.73. The van der Waals surface area contributed by atoms with Crippen molar-refractivity contribution in [3.8, 4) is 5.75 Å². The molecule has 1 heterocycles. The van der Waals surface area contributed by atoms with E-state index in [4.69, 9.17) is 9.84 Å². The van der Waals surface area contributed by atoms with E-state index < -0.39 is 5.97 Å². The molecule has 0 radical (unpaired) electrons. The van der Waals surface area contributed by atoms with Crippen LogP contribution in [0.25, 0.3) is 0 Å². The van der Waals surface area contributed by atoms with Crippen LogP contribution in [0.2, 0.25) is 0 Å². The smallest absolute Gasteiger partial charge is 0.306 e. The highest BCUT2D eigenvalue weighted by atomic mass is 79.9. The summed E-state index contributed by atoms with van der Waals surface area (Å²) < 4.78 is 6.32. The molecule has 1 aromatic rings. The summed E-state index contributed by atoms with van der Waals surface area (Å²) in [6.07, 6.45) is 1.44. The van der Waals surface area contributed by atoms with Gasteiger partial charge in [-0.25, -0.2) is 0 Å². The predicted octanol–water partition coefficient (Wildman–Crippen LogP) is 3.14. The van der Waals surface area contributed by atoms with Crippen LogP contribution >= 0.6 is 15.9 Å². The molecule has 0 bridgehead atoms. The van der Waals surface area contributed by atoms with E-state index >= 15 is 0 Å². The molecular formula is C15H20BrNO3. The Morgan fingerprint density at radius 3 is 2.90 bits per heavy atom. The Kier molecular flexibility index (Phi) is 5.05. The number of hydrogen-bond acceptors (Lipinski definition) is 3. The van der Waals surface area contributed by atoms with Gasteiger partial charge in [-0.15, -0.1) is 0 Å². The summed E-state index contributed by atoms with van der Waals surface area (Å²) >= 11 is 3.57. The molecule has 1 aliphatic rings. The Labute approximate surface area is 127 Å². The number of carboxylic acid groups (broad SMARTS) is 1. The second kappa shape index (κ2) is 6.59. The number of benzene rings is 1. The maximum atomic E-state index is 11.1. The highest BCUT2D eigenvalue weighted by Crippen LogP contribution is 2.28. The van der Waals surface area contributed by atoms with E-state index in [2.05, 4.69) is 27.8 Å². The van der Waals surface area contributed by atoms with Gasteiger partial charge in [-0.05, 0) is 50.1 Å². The van der Waals surface area contributed by atoms with E-state index in [9.17, 15) is 4.79 Å². The van der Waals surface area contributed by atoms with Crippen LogP contribution in [0.15, 0.2) is 22.7 Å². The molecule has 1 fully saturated rings. The van der Waals surface area contributed by atoms with Gasteiger partial charge in [0.05, 0.1) is 13.0 Å². The lowest BCUT2D eigenvalue weighted by Gasteiger charge is -2.36. The first kappa shape index (κ1) is 15.3. The Morgan fingerprint density at radius 1 is 1.55 bits per heavy atom. The first-order chi connectivity index (χ1) is 9.51.